The van der Waals surface area contributed by atoms with Gasteiger partial charge in [-0.15, -0.1) is 0 Å². The van der Waals surface area contributed by atoms with Crippen LogP contribution in [0.2, 0.25) is 5.02 Å². The molecule has 0 aromatic carbocycles. The van der Waals surface area contributed by atoms with E-state index in [2.05, 4.69) is 4.98 Å². The van der Waals surface area contributed by atoms with Crippen LogP contribution in [0.25, 0.3) is 0 Å². The van der Waals surface area contributed by atoms with Gasteiger partial charge in [-0.25, -0.2) is 0 Å². The lowest BCUT2D eigenvalue weighted by Crippen LogP contribution is -2.27. The summed E-state index contributed by atoms with van der Waals surface area (Å²) >= 11 is 5.87. The van der Waals surface area contributed by atoms with Crippen LogP contribution in [0, 0.1) is 6.92 Å². The van der Waals surface area contributed by atoms with Gasteiger partial charge in [-0.05, 0) is 32.4 Å². The summed E-state index contributed by atoms with van der Waals surface area (Å²) in [4.78, 5) is 27.7. The van der Waals surface area contributed by atoms with Crippen molar-refractivity contribution in [2.75, 3.05) is 13.2 Å². The van der Waals surface area contributed by atoms with Crippen molar-refractivity contribution >= 4 is 23.5 Å². The molecule has 1 aromatic rings. The Labute approximate surface area is 116 Å². The van der Waals surface area contributed by atoms with E-state index in [0.717, 1.165) is 5.56 Å². The van der Waals surface area contributed by atoms with Crippen molar-refractivity contribution in [3.05, 3.63) is 28.5 Å². The third-order valence-corrected chi connectivity index (χ3v) is 2.80. The van der Waals surface area contributed by atoms with Crippen LogP contribution in [0.1, 0.15) is 31.0 Å². The molecule has 5 nitrogen and oxygen atoms in total. The first-order chi connectivity index (χ1) is 9.01. The lowest BCUT2D eigenvalue weighted by atomic mass is 10.0. The van der Waals surface area contributed by atoms with E-state index in [0.29, 0.717) is 5.02 Å². The molecule has 0 atom stereocenters. The SMILES string of the molecule is CCOC(=O)C(C(=O)OCC)c1cc(C)c(Cl)cn1. The molecule has 1 rings (SSSR count). The number of aryl methyl sites for hydroxylation is 1. The number of pyridine rings is 1. The molecule has 6 heteroatoms. The molecule has 1 aromatic heterocycles. The van der Waals surface area contributed by atoms with E-state index in [4.69, 9.17) is 21.1 Å². The summed E-state index contributed by atoms with van der Waals surface area (Å²) in [5.41, 5.74) is 1.00. The molecule has 0 bridgehead atoms. The van der Waals surface area contributed by atoms with Gasteiger partial charge in [0, 0.05) is 6.20 Å². The molecule has 0 aliphatic carbocycles. The van der Waals surface area contributed by atoms with Crippen molar-refractivity contribution in [1.29, 1.82) is 0 Å². The number of aromatic nitrogens is 1. The number of esters is 2. The molecule has 0 aliphatic rings. The molecule has 0 N–H and O–H groups in total. The van der Waals surface area contributed by atoms with Crippen molar-refractivity contribution in [1.82, 2.24) is 4.98 Å². The molecule has 0 spiro atoms. The highest BCUT2D eigenvalue weighted by Gasteiger charge is 2.32. The fraction of sp³-hybridized carbons (Fsp3) is 0.462. The van der Waals surface area contributed by atoms with E-state index < -0.39 is 17.9 Å². The van der Waals surface area contributed by atoms with E-state index >= 15 is 0 Å². The minimum atomic E-state index is -1.17. The van der Waals surface area contributed by atoms with E-state index in [9.17, 15) is 9.59 Å². The maximum atomic E-state index is 11.9. The maximum absolute atomic E-state index is 11.9. The minimum Gasteiger partial charge on any atom is -0.465 e. The second kappa shape index (κ2) is 7.09. The van der Waals surface area contributed by atoms with Crippen molar-refractivity contribution in [3.63, 3.8) is 0 Å². The number of ether oxygens (including phenoxy) is 2. The number of hydrogen-bond donors (Lipinski definition) is 0. The Kier molecular flexibility index (Phi) is 5.76. The second-order valence-corrected chi connectivity index (χ2v) is 4.20. The second-order valence-electron chi connectivity index (χ2n) is 3.80. The Morgan fingerprint density at radius 3 is 2.21 bits per heavy atom. The van der Waals surface area contributed by atoms with Crippen LogP contribution in [0.3, 0.4) is 0 Å². The zero-order valence-electron chi connectivity index (χ0n) is 11.1. The van der Waals surface area contributed by atoms with Crippen LogP contribution in [-0.4, -0.2) is 30.1 Å². The van der Waals surface area contributed by atoms with Crippen molar-refractivity contribution in [3.8, 4) is 0 Å². The quantitative estimate of drug-likeness (QED) is 0.613. The fourth-order valence-corrected chi connectivity index (χ4v) is 1.61. The first-order valence-corrected chi connectivity index (χ1v) is 6.34. The highest BCUT2D eigenvalue weighted by molar-refractivity contribution is 6.31. The highest BCUT2D eigenvalue weighted by atomic mass is 35.5. The molecular weight excluding hydrogens is 270 g/mol. The summed E-state index contributed by atoms with van der Waals surface area (Å²) in [6.07, 6.45) is 1.40. The van der Waals surface area contributed by atoms with Crippen LogP contribution < -0.4 is 0 Å². The minimum absolute atomic E-state index is 0.182. The molecule has 104 valence electrons. The number of hydrogen-bond acceptors (Lipinski definition) is 5. The van der Waals surface area contributed by atoms with Gasteiger partial charge in [-0.2, -0.15) is 0 Å². The van der Waals surface area contributed by atoms with Crippen LogP contribution >= 0.6 is 11.6 Å². The zero-order valence-corrected chi connectivity index (χ0v) is 11.9. The number of carbonyl (C=O) groups excluding carboxylic acids is 2. The largest absolute Gasteiger partial charge is 0.465 e. The summed E-state index contributed by atoms with van der Waals surface area (Å²) in [6.45, 7) is 5.46. The smallest absolute Gasteiger partial charge is 0.326 e. The van der Waals surface area contributed by atoms with E-state index in [1.807, 2.05) is 0 Å². The summed E-state index contributed by atoms with van der Waals surface area (Å²) < 4.78 is 9.77. The monoisotopic (exact) mass is 285 g/mol. The number of rotatable bonds is 5. The van der Waals surface area contributed by atoms with Gasteiger partial charge in [0.2, 0.25) is 0 Å². The third kappa shape index (κ3) is 3.92. The molecule has 0 radical (unpaired) electrons. The lowest BCUT2D eigenvalue weighted by Gasteiger charge is -2.14. The van der Waals surface area contributed by atoms with Gasteiger partial charge >= 0.3 is 11.9 Å². The third-order valence-electron chi connectivity index (χ3n) is 2.41. The standard InChI is InChI=1S/C13H16ClNO4/c1-4-18-12(16)11(13(17)19-5-2)10-6-8(3)9(14)7-15-10/h6-7,11H,4-5H2,1-3H3. The van der Waals surface area contributed by atoms with Crippen molar-refractivity contribution in [2.24, 2.45) is 0 Å². The fourth-order valence-electron chi connectivity index (χ4n) is 1.51. The zero-order chi connectivity index (χ0) is 14.4. The van der Waals surface area contributed by atoms with E-state index in [1.165, 1.54) is 6.20 Å². The van der Waals surface area contributed by atoms with Gasteiger partial charge in [-0.3, -0.25) is 14.6 Å². The van der Waals surface area contributed by atoms with Gasteiger partial charge in [0.05, 0.1) is 23.9 Å². The summed E-state index contributed by atoms with van der Waals surface area (Å²) in [6, 6.07) is 1.58. The molecule has 0 fully saturated rings. The molecule has 0 saturated heterocycles. The molecule has 19 heavy (non-hydrogen) atoms. The van der Waals surface area contributed by atoms with Crippen molar-refractivity contribution < 1.29 is 19.1 Å². The normalized spacial score (nSPS) is 10.4. The summed E-state index contributed by atoms with van der Waals surface area (Å²) in [5.74, 6) is -2.51. The molecule has 0 aliphatic heterocycles. The highest BCUT2D eigenvalue weighted by Crippen LogP contribution is 2.22. The maximum Gasteiger partial charge on any atom is 0.326 e. The average Bonchev–Trinajstić information content (AvgIpc) is 2.34. The number of halogens is 1. The Morgan fingerprint density at radius 1 is 1.26 bits per heavy atom. The Balaban J connectivity index is 3.11. The molecule has 1 heterocycles. The summed E-state index contributed by atoms with van der Waals surface area (Å²) in [7, 11) is 0. The topological polar surface area (TPSA) is 65.5 Å². The molecule has 0 unspecified atom stereocenters. The van der Waals surface area contributed by atoms with Gasteiger partial charge in [0.1, 0.15) is 0 Å². The van der Waals surface area contributed by atoms with Gasteiger partial charge in [0.15, 0.2) is 5.92 Å². The number of nitrogens with zero attached hydrogens (tertiary/aromatic N) is 1. The predicted octanol–water partition coefficient (Wildman–Crippen LogP) is 2.25. The Bertz CT molecular complexity index is 458. The number of carbonyl (C=O) groups is 2. The van der Waals surface area contributed by atoms with Crippen LogP contribution in [-0.2, 0) is 19.1 Å². The van der Waals surface area contributed by atoms with Gasteiger partial charge in [-0.1, -0.05) is 11.6 Å². The van der Waals surface area contributed by atoms with Crippen LogP contribution in [0.5, 0.6) is 0 Å². The van der Waals surface area contributed by atoms with Crippen LogP contribution in [0.4, 0.5) is 0 Å². The Hall–Kier alpha value is -1.62. The summed E-state index contributed by atoms with van der Waals surface area (Å²) in [5, 5.41) is 0.468. The first kappa shape index (κ1) is 15.4. The first-order valence-electron chi connectivity index (χ1n) is 5.96. The Morgan fingerprint density at radius 2 is 1.79 bits per heavy atom. The van der Waals surface area contributed by atoms with Gasteiger partial charge < -0.3 is 9.47 Å². The molecule has 0 saturated carbocycles. The molecule has 0 amide bonds. The van der Waals surface area contributed by atoms with Gasteiger partial charge in [0.25, 0.3) is 0 Å². The predicted molar refractivity (Wildman–Crippen MR) is 70.0 cm³/mol. The molecular formula is C13H16ClNO4. The van der Waals surface area contributed by atoms with E-state index in [1.54, 1.807) is 26.8 Å². The van der Waals surface area contributed by atoms with Crippen molar-refractivity contribution in [2.45, 2.75) is 26.7 Å². The lowest BCUT2D eigenvalue weighted by molar-refractivity contribution is -0.157. The van der Waals surface area contributed by atoms with Crippen LogP contribution in [0.15, 0.2) is 12.3 Å². The average molecular weight is 286 g/mol. The van der Waals surface area contributed by atoms with E-state index in [-0.39, 0.29) is 18.9 Å².